The van der Waals surface area contributed by atoms with Gasteiger partial charge in [0.15, 0.2) is 0 Å². The van der Waals surface area contributed by atoms with E-state index >= 15 is 0 Å². The largest absolute Gasteiger partial charge is 0.498 e. The number of hydrogen-bond donors (Lipinski definition) is 0. The van der Waals surface area contributed by atoms with Gasteiger partial charge in [-0.1, -0.05) is 13.5 Å². The lowest BCUT2D eigenvalue weighted by Crippen LogP contribution is -2.10. The van der Waals surface area contributed by atoms with Gasteiger partial charge in [0.25, 0.3) is 0 Å². The van der Waals surface area contributed by atoms with E-state index in [2.05, 4.69) is 13.5 Å². The number of allylic oxidation sites excluding steroid dienone is 1. The Morgan fingerprint density at radius 1 is 1.75 bits per heavy atom. The molecular formula is C7H12O. The molecule has 0 saturated carbocycles. The summed E-state index contributed by atoms with van der Waals surface area (Å²) in [6.07, 6.45) is 2.44. The van der Waals surface area contributed by atoms with Crippen molar-refractivity contribution in [2.75, 3.05) is 6.61 Å². The summed E-state index contributed by atoms with van der Waals surface area (Å²) in [4.78, 5) is 0. The summed E-state index contributed by atoms with van der Waals surface area (Å²) in [5.74, 6) is 1.56. The summed E-state index contributed by atoms with van der Waals surface area (Å²) in [7, 11) is 0. The molecule has 0 aromatic heterocycles. The second kappa shape index (κ2) is 2.21. The van der Waals surface area contributed by atoms with Crippen LogP contribution in [0.1, 0.15) is 19.8 Å². The molecule has 1 atom stereocenters. The molecule has 0 amide bonds. The fraction of sp³-hybridized carbons (Fsp3) is 0.714. The Kier molecular flexibility index (Phi) is 1.56. The maximum absolute atomic E-state index is 5.20. The molecule has 0 aliphatic carbocycles. The van der Waals surface area contributed by atoms with E-state index in [4.69, 9.17) is 4.74 Å². The molecule has 1 aliphatic rings. The predicted molar refractivity (Wildman–Crippen MR) is 33.5 cm³/mol. The Bertz CT molecular complexity index is 96.6. The zero-order chi connectivity index (χ0) is 5.98. The summed E-state index contributed by atoms with van der Waals surface area (Å²) in [5, 5.41) is 0. The van der Waals surface area contributed by atoms with Gasteiger partial charge in [0.1, 0.15) is 0 Å². The van der Waals surface area contributed by atoms with Crippen molar-refractivity contribution >= 4 is 0 Å². The van der Waals surface area contributed by atoms with E-state index in [1.807, 2.05) is 0 Å². The standard InChI is InChI=1S/C7H12O/c1-6-4-3-5-8-7(6)2/h6H,2-5H2,1H3. The lowest BCUT2D eigenvalue weighted by Gasteiger charge is -2.20. The van der Waals surface area contributed by atoms with Crippen molar-refractivity contribution in [3.63, 3.8) is 0 Å². The Morgan fingerprint density at radius 2 is 2.50 bits per heavy atom. The van der Waals surface area contributed by atoms with Crippen LogP contribution in [-0.2, 0) is 4.74 Å². The summed E-state index contributed by atoms with van der Waals surface area (Å²) in [5.41, 5.74) is 0. The summed E-state index contributed by atoms with van der Waals surface area (Å²) < 4.78 is 5.20. The average Bonchev–Trinajstić information content (AvgIpc) is 1.77. The van der Waals surface area contributed by atoms with Crippen molar-refractivity contribution in [1.29, 1.82) is 0 Å². The van der Waals surface area contributed by atoms with Crippen LogP contribution in [0.5, 0.6) is 0 Å². The van der Waals surface area contributed by atoms with Crippen LogP contribution in [0.4, 0.5) is 0 Å². The third kappa shape index (κ3) is 1.03. The van der Waals surface area contributed by atoms with E-state index in [1.54, 1.807) is 0 Å². The lowest BCUT2D eigenvalue weighted by molar-refractivity contribution is 0.136. The molecule has 1 heterocycles. The van der Waals surface area contributed by atoms with Crippen LogP contribution in [0.25, 0.3) is 0 Å². The first-order valence-corrected chi connectivity index (χ1v) is 3.12. The van der Waals surface area contributed by atoms with E-state index in [0.29, 0.717) is 5.92 Å². The van der Waals surface area contributed by atoms with E-state index in [9.17, 15) is 0 Å². The average molecular weight is 112 g/mol. The molecular weight excluding hydrogens is 100 g/mol. The molecule has 1 saturated heterocycles. The zero-order valence-corrected chi connectivity index (χ0v) is 5.31. The molecule has 1 aliphatic heterocycles. The second-order valence-corrected chi connectivity index (χ2v) is 2.36. The number of ether oxygens (including phenoxy) is 1. The van der Waals surface area contributed by atoms with Gasteiger partial charge in [0.05, 0.1) is 12.4 Å². The maximum atomic E-state index is 5.20. The van der Waals surface area contributed by atoms with Crippen LogP contribution in [0, 0.1) is 5.92 Å². The normalized spacial score (nSPS) is 29.6. The Morgan fingerprint density at radius 3 is 2.88 bits per heavy atom. The minimum absolute atomic E-state index is 0.587. The Labute approximate surface area is 50.3 Å². The minimum atomic E-state index is 0.587. The zero-order valence-electron chi connectivity index (χ0n) is 5.31. The summed E-state index contributed by atoms with van der Waals surface area (Å²) >= 11 is 0. The van der Waals surface area contributed by atoms with Crippen molar-refractivity contribution in [1.82, 2.24) is 0 Å². The highest BCUT2D eigenvalue weighted by molar-refractivity contribution is 4.90. The topological polar surface area (TPSA) is 9.23 Å². The van der Waals surface area contributed by atoms with Crippen LogP contribution < -0.4 is 0 Å². The van der Waals surface area contributed by atoms with Gasteiger partial charge >= 0.3 is 0 Å². The van der Waals surface area contributed by atoms with Gasteiger partial charge in [-0.15, -0.1) is 0 Å². The highest BCUT2D eigenvalue weighted by Crippen LogP contribution is 2.20. The Balaban J connectivity index is 2.39. The monoisotopic (exact) mass is 112 g/mol. The summed E-state index contributed by atoms with van der Waals surface area (Å²) in [6.45, 7) is 6.81. The van der Waals surface area contributed by atoms with Gasteiger partial charge in [-0.05, 0) is 12.8 Å². The second-order valence-electron chi connectivity index (χ2n) is 2.36. The number of rotatable bonds is 0. The molecule has 1 rings (SSSR count). The molecule has 1 heteroatoms. The van der Waals surface area contributed by atoms with E-state index < -0.39 is 0 Å². The van der Waals surface area contributed by atoms with Gasteiger partial charge in [0, 0.05) is 5.92 Å². The molecule has 46 valence electrons. The van der Waals surface area contributed by atoms with Gasteiger partial charge in [0.2, 0.25) is 0 Å². The molecule has 1 fully saturated rings. The van der Waals surface area contributed by atoms with Gasteiger partial charge in [-0.25, -0.2) is 0 Å². The van der Waals surface area contributed by atoms with E-state index in [-0.39, 0.29) is 0 Å². The molecule has 0 spiro atoms. The molecule has 0 bridgehead atoms. The van der Waals surface area contributed by atoms with Crippen LogP contribution in [0.15, 0.2) is 12.3 Å². The van der Waals surface area contributed by atoms with E-state index in [1.165, 1.54) is 12.8 Å². The highest BCUT2D eigenvalue weighted by Gasteiger charge is 2.11. The quantitative estimate of drug-likeness (QED) is 0.465. The highest BCUT2D eigenvalue weighted by atomic mass is 16.5. The fourth-order valence-corrected chi connectivity index (χ4v) is 0.896. The molecule has 0 N–H and O–H groups in total. The molecule has 8 heavy (non-hydrogen) atoms. The number of hydrogen-bond acceptors (Lipinski definition) is 1. The van der Waals surface area contributed by atoms with Gasteiger partial charge in [-0.2, -0.15) is 0 Å². The van der Waals surface area contributed by atoms with Crippen molar-refractivity contribution in [3.8, 4) is 0 Å². The predicted octanol–water partition coefficient (Wildman–Crippen LogP) is 1.95. The van der Waals surface area contributed by atoms with Crippen molar-refractivity contribution in [3.05, 3.63) is 12.3 Å². The molecule has 0 aromatic rings. The van der Waals surface area contributed by atoms with Crippen molar-refractivity contribution in [2.45, 2.75) is 19.8 Å². The van der Waals surface area contributed by atoms with Crippen molar-refractivity contribution in [2.24, 2.45) is 5.92 Å². The van der Waals surface area contributed by atoms with Crippen LogP contribution in [0.2, 0.25) is 0 Å². The fourth-order valence-electron chi connectivity index (χ4n) is 0.896. The Hall–Kier alpha value is -0.460. The molecule has 0 aromatic carbocycles. The van der Waals surface area contributed by atoms with Crippen molar-refractivity contribution < 1.29 is 4.74 Å². The maximum Gasteiger partial charge on any atom is 0.0916 e. The van der Waals surface area contributed by atoms with E-state index in [0.717, 1.165) is 12.4 Å². The van der Waals surface area contributed by atoms with Gasteiger partial charge < -0.3 is 4.74 Å². The minimum Gasteiger partial charge on any atom is -0.498 e. The van der Waals surface area contributed by atoms with Crippen LogP contribution in [0.3, 0.4) is 0 Å². The lowest BCUT2D eigenvalue weighted by atomic mass is 10.0. The van der Waals surface area contributed by atoms with Crippen LogP contribution >= 0.6 is 0 Å². The first-order chi connectivity index (χ1) is 3.80. The first-order valence-electron chi connectivity index (χ1n) is 3.12. The smallest absolute Gasteiger partial charge is 0.0916 e. The SMILES string of the molecule is C=C1OCCCC1C. The first kappa shape index (κ1) is 5.67. The third-order valence-corrected chi connectivity index (χ3v) is 1.62. The summed E-state index contributed by atoms with van der Waals surface area (Å²) in [6, 6.07) is 0. The van der Waals surface area contributed by atoms with Crippen LogP contribution in [-0.4, -0.2) is 6.61 Å². The van der Waals surface area contributed by atoms with Gasteiger partial charge in [-0.3, -0.25) is 0 Å². The molecule has 1 nitrogen and oxygen atoms in total. The molecule has 1 unspecified atom stereocenters. The molecule has 0 radical (unpaired) electrons. The third-order valence-electron chi connectivity index (χ3n) is 1.62.